The van der Waals surface area contributed by atoms with E-state index in [9.17, 15) is 24.0 Å². The predicted octanol–water partition coefficient (Wildman–Crippen LogP) is 0.775. The van der Waals surface area contributed by atoms with Gasteiger partial charge in [-0.25, -0.2) is 9.59 Å². The van der Waals surface area contributed by atoms with Crippen LogP contribution in [0, 0.1) is 0 Å². The molecule has 0 radical (unpaired) electrons. The van der Waals surface area contributed by atoms with Crippen LogP contribution in [0.1, 0.15) is 40.0 Å². The maximum absolute atomic E-state index is 10.3. The minimum atomic E-state index is -1.33. The second-order valence-corrected chi connectivity index (χ2v) is 4.07. The molecule has 0 unspecified atom stereocenters. The molecule has 0 heterocycles. The molecule has 0 aliphatic rings. The SMILES string of the molecule is CCCC(=O)C(=O)O.CCOC(=O)C(C)=O.COCCC(=O)OC. The van der Waals surface area contributed by atoms with Gasteiger partial charge in [0.15, 0.2) is 0 Å². The summed E-state index contributed by atoms with van der Waals surface area (Å²) < 4.78 is 13.3. The molecule has 0 rings (SSSR count). The molecule has 0 aromatic rings. The standard InChI is InChI=1S/C5H10O3.2C5H8O3/c1-7-4-3-5(6)8-2;1-3-8-5(7)4(2)6;1-2-3-4(6)5(7)8/h3-4H2,1-2H3;3H2,1-2H3;2-3H2,1H3,(H,7,8). The maximum atomic E-state index is 10.3. The van der Waals surface area contributed by atoms with Crippen LogP contribution in [-0.2, 0) is 38.2 Å². The van der Waals surface area contributed by atoms with E-state index in [2.05, 4.69) is 14.2 Å². The lowest BCUT2D eigenvalue weighted by molar-refractivity contribution is -0.152. The van der Waals surface area contributed by atoms with Gasteiger partial charge in [-0.2, -0.15) is 0 Å². The third kappa shape index (κ3) is 22.0. The highest BCUT2D eigenvalue weighted by atomic mass is 16.5. The lowest BCUT2D eigenvalue weighted by Crippen LogP contribution is -2.12. The Balaban J connectivity index is -0.000000276. The van der Waals surface area contributed by atoms with Gasteiger partial charge in [0.05, 0.1) is 26.7 Å². The third-order valence-corrected chi connectivity index (χ3v) is 2.02. The molecule has 0 aliphatic heterocycles. The Morgan fingerprint density at radius 1 is 0.958 bits per heavy atom. The average Bonchev–Trinajstić information content (AvgIpc) is 2.54. The van der Waals surface area contributed by atoms with Gasteiger partial charge in [-0.05, 0) is 13.3 Å². The Bertz CT molecular complexity index is 374. The van der Waals surface area contributed by atoms with Gasteiger partial charge in [0.25, 0.3) is 0 Å². The van der Waals surface area contributed by atoms with Crippen molar-refractivity contribution in [3.05, 3.63) is 0 Å². The fraction of sp³-hybridized carbons (Fsp3) is 0.667. The van der Waals surface area contributed by atoms with E-state index in [1.54, 1.807) is 21.0 Å². The van der Waals surface area contributed by atoms with Crippen LogP contribution in [0.25, 0.3) is 0 Å². The molecule has 0 amide bonds. The normalized spacial score (nSPS) is 8.54. The van der Waals surface area contributed by atoms with Gasteiger partial charge in [-0.15, -0.1) is 0 Å². The molecule has 0 aromatic carbocycles. The number of Topliss-reactive ketones (excluding diaryl/α,β-unsaturated/α-hetero) is 2. The molecule has 0 fully saturated rings. The van der Waals surface area contributed by atoms with Crippen LogP contribution in [0.2, 0.25) is 0 Å². The minimum absolute atomic E-state index is 0.148. The van der Waals surface area contributed by atoms with E-state index in [1.807, 2.05) is 0 Å². The first-order chi connectivity index (χ1) is 11.2. The summed E-state index contributed by atoms with van der Waals surface area (Å²) in [6.45, 7) is 5.30. The van der Waals surface area contributed by atoms with Crippen molar-refractivity contribution in [2.24, 2.45) is 0 Å². The fourth-order valence-electron chi connectivity index (χ4n) is 0.854. The lowest BCUT2D eigenvalue weighted by atomic mass is 10.2. The Hall–Kier alpha value is -2.29. The first-order valence-corrected chi connectivity index (χ1v) is 7.17. The summed E-state index contributed by atoms with van der Waals surface area (Å²) in [5.41, 5.74) is 0. The number of ether oxygens (including phenoxy) is 3. The van der Waals surface area contributed by atoms with Gasteiger partial charge in [-0.3, -0.25) is 14.4 Å². The van der Waals surface area contributed by atoms with Gasteiger partial charge in [0.1, 0.15) is 0 Å². The van der Waals surface area contributed by atoms with Crippen LogP contribution in [0.4, 0.5) is 0 Å². The molecule has 1 N–H and O–H groups in total. The molecular formula is C15H26O9. The summed E-state index contributed by atoms with van der Waals surface area (Å²) in [6.07, 6.45) is 1.09. The van der Waals surface area contributed by atoms with Crippen LogP contribution in [0.5, 0.6) is 0 Å². The largest absolute Gasteiger partial charge is 0.476 e. The minimum Gasteiger partial charge on any atom is -0.476 e. The van der Waals surface area contributed by atoms with E-state index in [1.165, 1.54) is 14.0 Å². The van der Waals surface area contributed by atoms with Crippen LogP contribution < -0.4 is 0 Å². The number of rotatable bonds is 8. The van der Waals surface area contributed by atoms with Crippen molar-refractivity contribution in [2.75, 3.05) is 27.4 Å². The molecule has 0 aliphatic carbocycles. The van der Waals surface area contributed by atoms with Crippen molar-refractivity contribution in [1.82, 2.24) is 0 Å². The van der Waals surface area contributed by atoms with Crippen molar-refractivity contribution in [2.45, 2.75) is 40.0 Å². The van der Waals surface area contributed by atoms with Crippen LogP contribution >= 0.6 is 0 Å². The molecule has 0 aromatic heterocycles. The van der Waals surface area contributed by atoms with Crippen molar-refractivity contribution in [3.8, 4) is 0 Å². The average molecular weight is 350 g/mol. The first-order valence-electron chi connectivity index (χ1n) is 7.17. The first kappa shape index (κ1) is 26.6. The highest BCUT2D eigenvalue weighted by molar-refractivity contribution is 6.32. The molecule has 0 saturated carbocycles. The number of carboxylic acid groups (broad SMARTS) is 1. The Labute approximate surface area is 141 Å². The van der Waals surface area contributed by atoms with Crippen molar-refractivity contribution >= 4 is 29.5 Å². The van der Waals surface area contributed by atoms with Gasteiger partial charge in [0, 0.05) is 20.5 Å². The van der Waals surface area contributed by atoms with Gasteiger partial charge >= 0.3 is 17.9 Å². The zero-order valence-corrected chi connectivity index (χ0v) is 14.7. The zero-order chi connectivity index (χ0) is 19.5. The number of methoxy groups -OCH3 is 2. The number of carbonyl (C=O) groups is 5. The molecule has 0 atom stereocenters. The number of aliphatic carboxylic acids is 1. The van der Waals surface area contributed by atoms with Crippen molar-refractivity contribution < 1.29 is 43.3 Å². The van der Waals surface area contributed by atoms with E-state index < -0.39 is 23.5 Å². The summed E-state index contributed by atoms with van der Waals surface area (Å²) in [5.74, 6) is -3.56. The summed E-state index contributed by atoms with van der Waals surface area (Å²) >= 11 is 0. The quantitative estimate of drug-likeness (QED) is 0.497. The van der Waals surface area contributed by atoms with Crippen molar-refractivity contribution in [1.29, 1.82) is 0 Å². The highest BCUT2D eigenvalue weighted by Gasteiger charge is 2.07. The van der Waals surface area contributed by atoms with E-state index in [-0.39, 0.29) is 19.0 Å². The van der Waals surface area contributed by atoms with Gasteiger partial charge in [-0.1, -0.05) is 6.92 Å². The Morgan fingerprint density at radius 3 is 1.71 bits per heavy atom. The van der Waals surface area contributed by atoms with E-state index in [4.69, 9.17) is 5.11 Å². The third-order valence-electron chi connectivity index (χ3n) is 2.02. The smallest absolute Gasteiger partial charge is 0.374 e. The number of hydrogen-bond donors (Lipinski definition) is 1. The van der Waals surface area contributed by atoms with Crippen molar-refractivity contribution in [3.63, 3.8) is 0 Å². The second kappa shape index (κ2) is 18.8. The molecule has 9 heteroatoms. The Kier molecular flexibility index (Phi) is 20.8. The van der Waals surface area contributed by atoms with E-state index in [0.717, 1.165) is 0 Å². The van der Waals surface area contributed by atoms with E-state index in [0.29, 0.717) is 19.4 Å². The van der Waals surface area contributed by atoms with E-state index >= 15 is 0 Å². The molecular weight excluding hydrogens is 324 g/mol. The summed E-state index contributed by atoms with van der Waals surface area (Å²) in [5, 5.41) is 7.96. The predicted molar refractivity (Wildman–Crippen MR) is 83.4 cm³/mol. The number of ketones is 2. The molecule has 24 heavy (non-hydrogen) atoms. The highest BCUT2D eigenvalue weighted by Crippen LogP contribution is 1.87. The summed E-state index contributed by atoms with van der Waals surface area (Å²) in [6, 6.07) is 0. The Morgan fingerprint density at radius 2 is 1.50 bits per heavy atom. The number of carboxylic acids is 1. The maximum Gasteiger partial charge on any atom is 0.374 e. The summed E-state index contributed by atoms with van der Waals surface area (Å²) in [4.78, 5) is 50.4. The summed E-state index contributed by atoms with van der Waals surface area (Å²) in [7, 11) is 2.90. The fourth-order valence-corrected chi connectivity index (χ4v) is 0.854. The molecule has 0 bridgehead atoms. The molecule has 0 saturated heterocycles. The molecule has 140 valence electrons. The number of esters is 2. The second-order valence-electron chi connectivity index (χ2n) is 4.07. The lowest BCUT2D eigenvalue weighted by Gasteiger charge is -1.94. The number of hydrogen-bond acceptors (Lipinski definition) is 8. The van der Waals surface area contributed by atoms with Crippen LogP contribution in [-0.4, -0.2) is 62.0 Å². The molecule has 0 spiro atoms. The topological polar surface area (TPSA) is 133 Å². The zero-order valence-electron chi connectivity index (χ0n) is 14.7. The van der Waals surface area contributed by atoms with Crippen LogP contribution in [0.3, 0.4) is 0 Å². The monoisotopic (exact) mass is 350 g/mol. The van der Waals surface area contributed by atoms with Gasteiger partial charge < -0.3 is 19.3 Å². The van der Waals surface area contributed by atoms with Crippen LogP contribution in [0.15, 0.2) is 0 Å². The van der Waals surface area contributed by atoms with Gasteiger partial charge in [0.2, 0.25) is 11.6 Å². The molecule has 9 nitrogen and oxygen atoms in total. The number of carbonyl (C=O) groups excluding carboxylic acids is 4.